The van der Waals surface area contributed by atoms with Crippen molar-refractivity contribution < 1.29 is 14.3 Å². The molecule has 5 atom stereocenters. The standard InChI is InChI=1S/C25H43N3O3S/c29-22(19-8-6-18(7-9-19)17-4-2-1-3-5-17)16-32-25-26-23(20-10-12-30-14-20)24(27-28-25)21-11-13-31-15-21/h17-21,23-28H,1-16H2. The van der Waals surface area contributed by atoms with Crippen molar-refractivity contribution in [1.29, 1.82) is 0 Å². The third-order valence-electron chi connectivity index (χ3n) is 8.99. The van der Waals surface area contributed by atoms with Gasteiger partial charge in [-0.05, 0) is 50.4 Å². The summed E-state index contributed by atoms with van der Waals surface area (Å²) in [5, 5.41) is 3.83. The van der Waals surface area contributed by atoms with E-state index in [4.69, 9.17) is 9.47 Å². The van der Waals surface area contributed by atoms with Crippen LogP contribution in [0, 0.1) is 29.6 Å². The second kappa shape index (κ2) is 11.5. The molecule has 3 aliphatic heterocycles. The van der Waals surface area contributed by atoms with Gasteiger partial charge in [0.25, 0.3) is 0 Å². The fourth-order valence-electron chi connectivity index (χ4n) is 6.99. The number of hydrogen-bond donors (Lipinski definition) is 3. The fourth-order valence-corrected chi connectivity index (χ4v) is 7.96. The molecule has 3 heterocycles. The fraction of sp³-hybridized carbons (Fsp3) is 0.960. The topological polar surface area (TPSA) is 71.6 Å². The highest BCUT2D eigenvalue weighted by atomic mass is 32.2. The second-order valence-electron chi connectivity index (χ2n) is 10.9. The third-order valence-corrected chi connectivity index (χ3v) is 10.0. The first-order valence-corrected chi connectivity index (χ1v) is 14.4. The highest BCUT2D eigenvalue weighted by Gasteiger charge is 2.42. The minimum atomic E-state index is 0.0710. The number of carbonyl (C=O) groups excluding carboxylic acids is 1. The van der Waals surface area contributed by atoms with Crippen molar-refractivity contribution in [3.8, 4) is 0 Å². The van der Waals surface area contributed by atoms with E-state index in [0.717, 1.165) is 63.9 Å². The SMILES string of the molecule is O=C(CSC1NNC(C2CCOC2)C(C2CCOC2)N1)C1CCC(C2CCCCC2)CC1. The van der Waals surface area contributed by atoms with Gasteiger partial charge in [-0.25, -0.2) is 5.43 Å². The molecule has 0 bridgehead atoms. The molecule has 6 nitrogen and oxygen atoms in total. The van der Waals surface area contributed by atoms with Gasteiger partial charge >= 0.3 is 0 Å². The molecular formula is C25H43N3O3S. The van der Waals surface area contributed by atoms with Gasteiger partial charge in [0.2, 0.25) is 0 Å². The van der Waals surface area contributed by atoms with E-state index in [1.54, 1.807) is 11.8 Å². The Kier molecular flexibility index (Phi) is 8.46. The van der Waals surface area contributed by atoms with Gasteiger partial charge in [0.05, 0.1) is 19.0 Å². The predicted molar refractivity (Wildman–Crippen MR) is 128 cm³/mol. The van der Waals surface area contributed by atoms with E-state index in [1.165, 1.54) is 44.9 Å². The summed E-state index contributed by atoms with van der Waals surface area (Å²) in [5.74, 6) is 4.27. The van der Waals surface area contributed by atoms with E-state index < -0.39 is 0 Å². The molecule has 0 spiro atoms. The predicted octanol–water partition coefficient (Wildman–Crippen LogP) is 3.47. The van der Waals surface area contributed by atoms with Crippen LogP contribution in [-0.2, 0) is 14.3 Å². The molecule has 3 saturated heterocycles. The highest BCUT2D eigenvalue weighted by molar-refractivity contribution is 8.00. The normalized spacial score (nSPS) is 41.7. The lowest BCUT2D eigenvalue weighted by molar-refractivity contribution is -0.121. The van der Waals surface area contributed by atoms with Crippen LogP contribution in [0.25, 0.3) is 0 Å². The summed E-state index contributed by atoms with van der Waals surface area (Å²) in [7, 11) is 0. The molecule has 32 heavy (non-hydrogen) atoms. The molecule has 7 heteroatoms. The Morgan fingerprint density at radius 1 is 0.719 bits per heavy atom. The van der Waals surface area contributed by atoms with Gasteiger partial charge in [0.1, 0.15) is 11.3 Å². The zero-order valence-electron chi connectivity index (χ0n) is 19.6. The maximum Gasteiger partial charge on any atom is 0.145 e. The number of hydrazine groups is 1. The average molecular weight is 466 g/mol. The van der Waals surface area contributed by atoms with Crippen LogP contribution in [0.15, 0.2) is 0 Å². The van der Waals surface area contributed by atoms with Crippen molar-refractivity contribution in [2.75, 3.05) is 32.2 Å². The number of ketones is 1. The first-order valence-electron chi connectivity index (χ1n) is 13.3. The Morgan fingerprint density at radius 2 is 1.38 bits per heavy atom. The molecule has 0 aromatic rings. The first kappa shape index (κ1) is 23.6. The van der Waals surface area contributed by atoms with E-state index in [2.05, 4.69) is 16.2 Å². The van der Waals surface area contributed by atoms with E-state index in [9.17, 15) is 4.79 Å². The summed E-state index contributed by atoms with van der Waals surface area (Å²) in [6.07, 6.45) is 14.2. The lowest BCUT2D eigenvalue weighted by atomic mass is 9.70. The van der Waals surface area contributed by atoms with Crippen LogP contribution >= 0.6 is 11.8 Å². The Hall–Kier alpha value is -0.180. The van der Waals surface area contributed by atoms with E-state index in [-0.39, 0.29) is 5.50 Å². The Morgan fingerprint density at radius 3 is 2.03 bits per heavy atom. The number of hydrogen-bond acceptors (Lipinski definition) is 7. The van der Waals surface area contributed by atoms with E-state index >= 15 is 0 Å². The smallest absolute Gasteiger partial charge is 0.145 e. The lowest BCUT2D eigenvalue weighted by Gasteiger charge is -2.43. The summed E-state index contributed by atoms with van der Waals surface area (Å²) in [6, 6.07) is 0.718. The van der Waals surface area contributed by atoms with Crippen molar-refractivity contribution in [2.24, 2.45) is 29.6 Å². The highest BCUT2D eigenvalue weighted by Crippen LogP contribution is 2.40. The molecule has 5 fully saturated rings. The van der Waals surface area contributed by atoms with E-state index in [1.807, 2.05) is 0 Å². The maximum absolute atomic E-state index is 13.0. The number of Topliss-reactive ketones (excluding diaryl/α,β-unsaturated/α-hetero) is 1. The largest absolute Gasteiger partial charge is 0.381 e. The Labute approximate surface area is 198 Å². The number of thioether (sulfide) groups is 1. The molecular weight excluding hydrogens is 422 g/mol. The van der Waals surface area contributed by atoms with Crippen LogP contribution in [0.3, 0.4) is 0 Å². The molecule has 5 unspecified atom stereocenters. The molecule has 0 radical (unpaired) electrons. The van der Waals surface area contributed by atoms with Crippen LogP contribution in [0.4, 0.5) is 0 Å². The van der Waals surface area contributed by atoms with Crippen molar-refractivity contribution in [1.82, 2.24) is 16.2 Å². The van der Waals surface area contributed by atoms with Gasteiger partial charge in [0.15, 0.2) is 0 Å². The summed E-state index contributed by atoms with van der Waals surface area (Å²) in [5.41, 5.74) is 7.14. The van der Waals surface area contributed by atoms with Crippen LogP contribution in [0.5, 0.6) is 0 Å². The summed E-state index contributed by atoms with van der Waals surface area (Å²) >= 11 is 1.73. The van der Waals surface area contributed by atoms with Crippen LogP contribution in [0.1, 0.15) is 70.6 Å². The minimum absolute atomic E-state index is 0.0710. The van der Waals surface area contributed by atoms with Crippen molar-refractivity contribution >= 4 is 17.5 Å². The van der Waals surface area contributed by atoms with Gasteiger partial charge in [0, 0.05) is 43.1 Å². The molecule has 5 rings (SSSR count). The van der Waals surface area contributed by atoms with Crippen LogP contribution in [-0.4, -0.2) is 55.5 Å². The molecule has 182 valence electrons. The molecule has 2 aliphatic carbocycles. The monoisotopic (exact) mass is 465 g/mol. The quantitative estimate of drug-likeness (QED) is 0.532. The van der Waals surface area contributed by atoms with Gasteiger partial charge in [-0.2, -0.15) is 0 Å². The Bertz CT molecular complexity index is 597. The first-order chi connectivity index (χ1) is 15.8. The number of carbonyl (C=O) groups is 1. The average Bonchev–Trinajstić information content (AvgIpc) is 3.58. The summed E-state index contributed by atoms with van der Waals surface area (Å²) in [4.78, 5) is 13.0. The van der Waals surface area contributed by atoms with Gasteiger partial charge in [-0.1, -0.05) is 32.1 Å². The van der Waals surface area contributed by atoms with Crippen molar-refractivity contribution in [3.05, 3.63) is 0 Å². The summed E-state index contributed by atoms with van der Waals surface area (Å²) in [6.45, 7) is 3.41. The minimum Gasteiger partial charge on any atom is -0.381 e. The number of rotatable bonds is 7. The number of nitrogens with one attached hydrogen (secondary N) is 3. The van der Waals surface area contributed by atoms with Crippen LogP contribution in [0.2, 0.25) is 0 Å². The van der Waals surface area contributed by atoms with Gasteiger partial charge < -0.3 is 9.47 Å². The van der Waals surface area contributed by atoms with Crippen LogP contribution < -0.4 is 16.2 Å². The van der Waals surface area contributed by atoms with Gasteiger partial charge in [-0.15, -0.1) is 11.8 Å². The second-order valence-corrected chi connectivity index (χ2v) is 12.0. The van der Waals surface area contributed by atoms with Gasteiger partial charge in [-0.3, -0.25) is 15.5 Å². The summed E-state index contributed by atoms with van der Waals surface area (Å²) < 4.78 is 11.4. The zero-order chi connectivity index (χ0) is 21.8. The molecule has 0 aromatic heterocycles. The third kappa shape index (κ3) is 5.72. The lowest BCUT2D eigenvalue weighted by Crippen LogP contribution is -2.70. The van der Waals surface area contributed by atoms with Crippen molar-refractivity contribution in [3.63, 3.8) is 0 Å². The Balaban J connectivity index is 1.08. The molecule has 0 aromatic carbocycles. The molecule has 2 saturated carbocycles. The van der Waals surface area contributed by atoms with E-state index in [0.29, 0.717) is 41.4 Å². The zero-order valence-corrected chi connectivity index (χ0v) is 20.4. The molecule has 0 amide bonds. The molecule has 5 aliphatic rings. The molecule has 3 N–H and O–H groups in total. The van der Waals surface area contributed by atoms with Crippen molar-refractivity contribution in [2.45, 2.75) is 88.2 Å². The number of ether oxygens (including phenoxy) is 2. The maximum atomic E-state index is 13.0.